The van der Waals surface area contributed by atoms with E-state index in [1.54, 1.807) is 18.2 Å². The first-order valence-electron chi connectivity index (χ1n) is 9.57. The minimum Gasteiger partial charge on any atom is -0.296 e. The van der Waals surface area contributed by atoms with Crippen molar-refractivity contribution in [3.8, 4) is 0 Å². The lowest BCUT2D eigenvalue weighted by Gasteiger charge is -2.33. The maximum absolute atomic E-state index is 13.1. The molecule has 0 atom stereocenters. The molecule has 4 rings (SSSR count). The fourth-order valence-corrected chi connectivity index (χ4v) is 6.20. The Morgan fingerprint density at radius 1 is 0.793 bits per heavy atom. The van der Waals surface area contributed by atoms with Crippen molar-refractivity contribution < 1.29 is 16.8 Å². The first-order valence-corrected chi connectivity index (χ1v) is 12.9. The second-order valence-electron chi connectivity index (χ2n) is 7.63. The third-order valence-electron chi connectivity index (χ3n) is 5.55. The molecule has 2 aromatic carbocycles. The standard InChI is InChI=1S/C20H25N3O4S2/c1-28(24,25)22-11-9-21(10-12-22)14-17-5-4-8-20(13-17)29(26,27)23-15-18-6-2-3-7-19(18)16-23/h2-8,13H,9-12,14-16H2,1H3. The number of hydrogen-bond donors (Lipinski definition) is 0. The zero-order chi connectivity index (χ0) is 20.6. The molecule has 29 heavy (non-hydrogen) atoms. The maximum atomic E-state index is 13.1. The van der Waals surface area contributed by atoms with E-state index in [-0.39, 0.29) is 0 Å². The van der Waals surface area contributed by atoms with Crippen molar-refractivity contribution in [1.29, 1.82) is 0 Å². The molecule has 2 aromatic rings. The lowest BCUT2D eigenvalue weighted by Crippen LogP contribution is -2.47. The molecule has 0 unspecified atom stereocenters. The number of fused-ring (bicyclic) bond motifs is 1. The number of rotatable bonds is 5. The van der Waals surface area contributed by atoms with Gasteiger partial charge in [-0.3, -0.25) is 4.90 Å². The molecule has 0 spiro atoms. The fraction of sp³-hybridized carbons (Fsp3) is 0.400. The van der Waals surface area contributed by atoms with E-state index in [9.17, 15) is 16.8 Å². The summed E-state index contributed by atoms with van der Waals surface area (Å²) < 4.78 is 52.6. The topological polar surface area (TPSA) is 78.0 Å². The van der Waals surface area contributed by atoms with Crippen molar-refractivity contribution in [2.75, 3.05) is 32.4 Å². The highest BCUT2D eigenvalue weighted by Gasteiger charge is 2.30. The molecule has 9 heteroatoms. The lowest BCUT2D eigenvalue weighted by atomic mass is 10.1. The van der Waals surface area contributed by atoms with E-state index in [0.717, 1.165) is 16.7 Å². The van der Waals surface area contributed by atoms with E-state index < -0.39 is 20.0 Å². The molecule has 156 valence electrons. The summed E-state index contributed by atoms with van der Waals surface area (Å²) in [6, 6.07) is 14.9. The lowest BCUT2D eigenvalue weighted by molar-refractivity contribution is 0.182. The minimum atomic E-state index is -3.57. The minimum absolute atomic E-state index is 0.303. The zero-order valence-corrected chi connectivity index (χ0v) is 18.0. The summed E-state index contributed by atoms with van der Waals surface area (Å²) in [5.41, 5.74) is 3.02. The zero-order valence-electron chi connectivity index (χ0n) is 16.4. The van der Waals surface area contributed by atoms with Gasteiger partial charge in [0.15, 0.2) is 0 Å². The average Bonchev–Trinajstić information content (AvgIpc) is 3.13. The van der Waals surface area contributed by atoms with E-state index in [1.807, 2.05) is 30.3 Å². The average molecular weight is 436 g/mol. The number of benzene rings is 2. The van der Waals surface area contributed by atoms with Gasteiger partial charge < -0.3 is 0 Å². The Balaban J connectivity index is 1.45. The smallest absolute Gasteiger partial charge is 0.243 e. The van der Waals surface area contributed by atoms with E-state index >= 15 is 0 Å². The summed E-state index contributed by atoms with van der Waals surface area (Å²) in [5.74, 6) is 0. The Kier molecular flexibility index (Phi) is 5.52. The predicted octanol–water partition coefficient (Wildman–Crippen LogP) is 1.47. The molecule has 2 heterocycles. The van der Waals surface area contributed by atoms with E-state index in [0.29, 0.717) is 50.7 Å². The summed E-state index contributed by atoms with van der Waals surface area (Å²) in [6.45, 7) is 3.58. The van der Waals surface area contributed by atoms with Gasteiger partial charge in [-0.1, -0.05) is 36.4 Å². The molecule has 1 fully saturated rings. The van der Waals surface area contributed by atoms with Crippen LogP contribution >= 0.6 is 0 Å². The van der Waals surface area contributed by atoms with Gasteiger partial charge in [-0.05, 0) is 28.8 Å². The van der Waals surface area contributed by atoms with Gasteiger partial charge >= 0.3 is 0 Å². The van der Waals surface area contributed by atoms with Gasteiger partial charge in [0.1, 0.15) is 0 Å². The van der Waals surface area contributed by atoms with Crippen molar-refractivity contribution in [3.05, 3.63) is 65.2 Å². The second kappa shape index (κ2) is 7.81. The molecule has 7 nitrogen and oxygen atoms in total. The molecular weight excluding hydrogens is 410 g/mol. The van der Waals surface area contributed by atoms with Gasteiger partial charge in [0.25, 0.3) is 0 Å². The van der Waals surface area contributed by atoms with Crippen LogP contribution in [0.5, 0.6) is 0 Å². The van der Waals surface area contributed by atoms with E-state index in [2.05, 4.69) is 4.90 Å². The first-order chi connectivity index (χ1) is 13.7. The summed E-state index contributed by atoms with van der Waals surface area (Å²) in [4.78, 5) is 2.46. The van der Waals surface area contributed by atoms with Crippen molar-refractivity contribution in [2.45, 2.75) is 24.5 Å². The van der Waals surface area contributed by atoms with Gasteiger partial charge in [0, 0.05) is 45.8 Å². The molecule has 0 aliphatic carbocycles. The Hall–Kier alpha value is -1.78. The van der Waals surface area contributed by atoms with Crippen LogP contribution in [-0.2, 0) is 39.7 Å². The van der Waals surface area contributed by atoms with Crippen LogP contribution in [0.4, 0.5) is 0 Å². The monoisotopic (exact) mass is 435 g/mol. The largest absolute Gasteiger partial charge is 0.296 e. The third-order valence-corrected chi connectivity index (χ3v) is 8.65. The van der Waals surface area contributed by atoms with Crippen molar-refractivity contribution >= 4 is 20.0 Å². The Labute approximate surface area is 172 Å². The molecule has 0 aromatic heterocycles. The van der Waals surface area contributed by atoms with E-state index in [1.165, 1.54) is 14.9 Å². The summed E-state index contributed by atoms with van der Waals surface area (Å²) in [5, 5.41) is 0. The molecule has 2 aliphatic rings. The normalized spacial score (nSPS) is 19.3. The highest BCUT2D eigenvalue weighted by Crippen LogP contribution is 2.28. The van der Waals surface area contributed by atoms with Gasteiger partial charge in [0.2, 0.25) is 20.0 Å². The highest BCUT2D eigenvalue weighted by molar-refractivity contribution is 7.89. The predicted molar refractivity (Wildman–Crippen MR) is 111 cm³/mol. The Bertz CT molecular complexity index is 1080. The molecule has 0 bridgehead atoms. The van der Waals surface area contributed by atoms with Gasteiger partial charge in [-0.15, -0.1) is 0 Å². The molecule has 0 saturated carbocycles. The van der Waals surface area contributed by atoms with Gasteiger partial charge in [-0.25, -0.2) is 16.8 Å². The van der Waals surface area contributed by atoms with Crippen LogP contribution in [0.1, 0.15) is 16.7 Å². The third kappa shape index (κ3) is 4.39. The quantitative estimate of drug-likeness (QED) is 0.711. The van der Waals surface area contributed by atoms with Gasteiger partial charge in [-0.2, -0.15) is 8.61 Å². The first kappa shape index (κ1) is 20.5. The van der Waals surface area contributed by atoms with Crippen LogP contribution < -0.4 is 0 Å². The van der Waals surface area contributed by atoms with Crippen LogP contribution in [0.2, 0.25) is 0 Å². The molecule has 1 saturated heterocycles. The number of piperazine rings is 1. The number of hydrogen-bond acceptors (Lipinski definition) is 5. The Morgan fingerprint density at radius 2 is 1.41 bits per heavy atom. The fourth-order valence-electron chi connectivity index (χ4n) is 3.90. The van der Waals surface area contributed by atoms with Crippen molar-refractivity contribution in [2.24, 2.45) is 0 Å². The summed E-state index contributed by atoms with van der Waals surface area (Å²) in [6.07, 6.45) is 1.23. The van der Waals surface area contributed by atoms with Crippen molar-refractivity contribution in [1.82, 2.24) is 13.5 Å². The SMILES string of the molecule is CS(=O)(=O)N1CCN(Cc2cccc(S(=O)(=O)N3Cc4ccccc4C3)c2)CC1. The molecule has 0 amide bonds. The van der Waals surface area contributed by atoms with Crippen LogP contribution in [0.15, 0.2) is 53.4 Å². The number of nitrogens with zero attached hydrogens (tertiary/aromatic N) is 3. The maximum Gasteiger partial charge on any atom is 0.243 e. The van der Waals surface area contributed by atoms with E-state index in [4.69, 9.17) is 0 Å². The molecular formula is C20H25N3O4S2. The van der Waals surface area contributed by atoms with Crippen LogP contribution in [0.3, 0.4) is 0 Å². The Morgan fingerprint density at radius 3 is 2.00 bits per heavy atom. The molecule has 0 N–H and O–H groups in total. The summed E-state index contributed by atoms with van der Waals surface area (Å²) in [7, 11) is -6.73. The highest BCUT2D eigenvalue weighted by atomic mass is 32.2. The second-order valence-corrected chi connectivity index (χ2v) is 11.5. The van der Waals surface area contributed by atoms with Gasteiger partial charge in [0.05, 0.1) is 11.2 Å². The van der Waals surface area contributed by atoms with Crippen LogP contribution in [0.25, 0.3) is 0 Å². The number of sulfonamides is 2. The van der Waals surface area contributed by atoms with Crippen LogP contribution in [0, 0.1) is 0 Å². The molecule has 0 radical (unpaired) electrons. The summed E-state index contributed by atoms with van der Waals surface area (Å²) >= 11 is 0. The van der Waals surface area contributed by atoms with Crippen LogP contribution in [-0.4, -0.2) is 62.8 Å². The molecule has 2 aliphatic heterocycles. The van der Waals surface area contributed by atoms with Crippen molar-refractivity contribution in [3.63, 3.8) is 0 Å².